The van der Waals surface area contributed by atoms with Crippen molar-refractivity contribution in [3.63, 3.8) is 0 Å². The Morgan fingerprint density at radius 1 is 1.33 bits per heavy atom. The van der Waals surface area contributed by atoms with Gasteiger partial charge in [-0.05, 0) is 12.8 Å². The van der Waals surface area contributed by atoms with E-state index < -0.39 is 11.9 Å². The number of carboxylic acid groups (broad SMARTS) is 1. The summed E-state index contributed by atoms with van der Waals surface area (Å²) in [6.07, 6.45) is 1.45. The van der Waals surface area contributed by atoms with Crippen molar-refractivity contribution < 1.29 is 19.4 Å². The van der Waals surface area contributed by atoms with Crippen LogP contribution >= 0.6 is 0 Å². The van der Waals surface area contributed by atoms with E-state index in [4.69, 9.17) is 9.47 Å². The maximum absolute atomic E-state index is 11.2. The van der Waals surface area contributed by atoms with E-state index in [1.807, 2.05) is 13.8 Å². The van der Waals surface area contributed by atoms with Crippen LogP contribution in [0.5, 0.6) is 0 Å². The number of methoxy groups -OCH3 is 1. The smallest absolute Gasteiger partial charge is 0.309 e. The minimum Gasteiger partial charge on any atom is -0.481 e. The van der Waals surface area contributed by atoms with Crippen LogP contribution in [-0.4, -0.2) is 37.0 Å². The zero-order chi connectivity index (χ0) is 11.4. The number of hydrogen-bond acceptors (Lipinski definition) is 3. The third-order valence-electron chi connectivity index (χ3n) is 3.14. The monoisotopic (exact) mass is 216 g/mol. The minimum absolute atomic E-state index is 0.0116. The van der Waals surface area contributed by atoms with Crippen molar-refractivity contribution in [3.8, 4) is 0 Å². The van der Waals surface area contributed by atoms with Crippen molar-refractivity contribution >= 4 is 5.97 Å². The van der Waals surface area contributed by atoms with E-state index in [2.05, 4.69) is 0 Å². The van der Waals surface area contributed by atoms with Gasteiger partial charge in [-0.3, -0.25) is 4.79 Å². The van der Waals surface area contributed by atoms with Crippen LogP contribution in [-0.2, 0) is 14.3 Å². The maximum Gasteiger partial charge on any atom is 0.309 e. The lowest BCUT2D eigenvalue weighted by atomic mass is 9.86. The molecule has 1 heterocycles. The predicted octanol–water partition coefficient (Wildman–Crippen LogP) is 1.54. The van der Waals surface area contributed by atoms with Crippen molar-refractivity contribution in [1.82, 2.24) is 0 Å². The van der Waals surface area contributed by atoms with Crippen LogP contribution < -0.4 is 0 Å². The SMILES string of the molecule is CCC1OC(CC)C(C(=O)O)C1COC. The molecule has 1 saturated heterocycles. The number of aliphatic carboxylic acids is 1. The van der Waals surface area contributed by atoms with Crippen molar-refractivity contribution in [2.75, 3.05) is 13.7 Å². The number of carboxylic acids is 1. The Balaban J connectivity index is 2.79. The average Bonchev–Trinajstić information content (AvgIpc) is 2.56. The van der Waals surface area contributed by atoms with Crippen LogP contribution in [0.25, 0.3) is 0 Å². The zero-order valence-corrected chi connectivity index (χ0v) is 9.60. The normalized spacial score (nSPS) is 35.7. The molecule has 4 atom stereocenters. The summed E-state index contributed by atoms with van der Waals surface area (Å²) < 4.78 is 10.8. The lowest BCUT2D eigenvalue weighted by Gasteiger charge is -2.19. The first-order valence-corrected chi connectivity index (χ1v) is 5.52. The van der Waals surface area contributed by atoms with Crippen molar-refractivity contribution in [2.24, 2.45) is 11.8 Å². The summed E-state index contributed by atoms with van der Waals surface area (Å²) >= 11 is 0. The number of rotatable bonds is 5. The van der Waals surface area contributed by atoms with Gasteiger partial charge < -0.3 is 14.6 Å². The van der Waals surface area contributed by atoms with E-state index in [0.29, 0.717) is 6.61 Å². The average molecular weight is 216 g/mol. The summed E-state index contributed by atoms with van der Waals surface area (Å²) in [5.74, 6) is -1.19. The van der Waals surface area contributed by atoms with Crippen LogP contribution in [0, 0.1) is 11.8 Å². The second-order valence-electron chi connectivity index (χ2n) is 4.01. The van der Waals surface area contributed by atoms with E-state index in [1.165, 1.54) is 0 Å². The highest BCUT2D eigenvalue weighted by atomic mass is 16.5. The fourth-order valence-electron chi connectivity index (χ4n) is 2.41. The Morgan fingerprint density at radius 2 is 1.93 bits per heavy atom. The van der Waals surface area contributed by atoms with Gasteiger partial charge in [0.1, 0.15) is 0 Å². The highest BCUT2D eigenvalue weighted by Gasteiger charge is 2.46. The highest BCUT2D eigenvalue weighted by Crippen LogP contribution is 2.36. The lowest BCUT2D eigenvalue weighted by Crippen LogP contribution is -2.32. The van der Waals surface area contributed by atoms with Crippen LogP contribution in [0.3, 0.4) is 0 Å². The van der Waals surface area contributed by atoms with Gasteiger partial charge in [0.05, 0.1) is 24.7 Å². The molecule has 0 saturated carbocycles. The van der Waals surface area contributed by atoms with Gasteiger partial charge in [0.25, 0.3) is 0 Å². The second kappa shape index (κ2) is 5.47. The quantitative estimate of drug-likeness (QED) is 0.757. The molecule has 0 aliphatic carbocycles. The van der Waals surface area contributed by atoms with Gasteiger partial charge in [-0.1, -0.05) is 13.8 Å². The van der Waals surface area contributed by atoms with Crippen LogP contribution in [0.2, 0.25) is 0 Å². The third-order valence-corrected chi connectivity index (χ3v) is 3.14. The summed E-state index contributed by atoms with van der Waals surface area (Å²) in [4.78, 5) is 11.2. The molecule has 1 aliphatic heterocycles. The lowest BCUT2D eigenvalue weighted by molar-refractivity contribution is -0.145. The molecule has 0 spiro atoms. The Kier molecular flexibility index (Phi) is 4.54. The van der Waals surface area contributed by atoms with Crippen molar-refractivity contribution in [1.29, 1.82) is 0 Å². The molecular formula is C11H20O4. The van der Waals surface area contributed by atoms with E-state index in [9.17, 15) is 9.90 Å². The molecule has 0 radical (unpaired) electrons. The van der Waals surface area contributed by atoms with Crippen LogP contribution in [0.1, 0.15) is 26.7 Å². The Bertz CT molecular complexity index is 217. The number of ether oxygens (including phenoxy) is 2. The molecule has 15 heavy (non-hydrogen) atoms. The molecular weight excluding hydrogens is 196 g/mol. The molecule has 88 valence electrons. The Hall–Kier alpha value is -0.610. The molecule has 4 unspecified atom stereocenters. The molecule has 4 heteroatoms. The summed E-state index contributed by atoms with van der Waals surface area (Å²) in [5.41, 5.74) is 0. The first kappa shape index (κ1) is 12.5. The summed E-state index contributed by atoms with van der Waals surface area (Å²) in [5, 5.41) is 9.19. The molecule has 0 amide bonds. The van der Waals surface area contributed by atoms with Gasteiger partial charge in [0.2, 0.25) is 0 Å². The standard InChI is InChI=1S/C11H20O4/c1-4-8-7(6-14-3)10(11(12)13)9(5-2)15-8/h7-10H,4-6H2,1-3H3,(H,12,13). The molecule has 1 aliphatic rings. The van der Waals surface area contributed by atoms with Gasteiger partial charge in [0.15, 0.2) is 0 Å². The van der Waals surface area contributed by atoms with E-state index in [1.54, 1.807) is 7.11 Å². The fourth-order valence-corrected chi connectivity index (χ4v) is 2.41. The number of carbonyl (C=O) groups is 1. The second-order valence-corrected chi connectivity index (χ2v) is 4.01. The molecule has 0 aromatic carbocycles. The fraction of sp³-hybridized carbons (Fsp3) is 0.909. The molecule has 0 bridgehead atoms. The summed E-state index contributed by atoms with van der Waals surface area (Å²) in [7, 11) is 1.60. The largest absolute Gasteiger partial charge is 0.481 e. The van der Waals surface area contributed by atoms with E-state index >= 15 is 0 Å². The van der Waals surface area contributed by atoms with Gasteiger partial charge >= 0.3 is 5.97 Å². The van der Waals surface area contributed by atoms with Gasteiger partial charge in [0, 0.05) is 13.0 Å². The van der Waals surface area contributed by atoms with Crippen molar-refractivity contribution in [3.05, 3.63) is 0 Å². The Morgan fingerprint density at radius 3 is 2.33 bits per heavy atom. The molecule has 1 N–H and O–H groups in total. The van der Waals surface area contributed by atoms with Crippen molar-refractivity contribution in [2.45, 2.75) is 38.9 Å². The minimum atomic E-state index is -0.764. The zero-order valence-electron chi connectivity index (χ0n) is 9.60. The maximum atomic E-state index is 11.2. The number of hydrogen-bond donors (Lipinski definition) is 1. The Labute approximate surface area is 90.6 Å². The van der Waals surface area contributed by atoms with Gasteiger partial charge in [-0.25, -0.2) is 0 Å². The molecule has 0 aromatic rings. The molecule has 4 nitrogen and oxygen atoms in total. The molecule has 1 fully saturated rings. The van der Waals surface area contributed by atoms with E-state index in [-0.39, 0.29) is 18.1 Å². The summed E-state index contributed by atoms with van der Waals surface area (Å²) in [6, 6.07) is 0. The highest BCUT2D eigenvalue weighted by molar-refractivity contribution is 5.71. The predicted molar refractivity (Wildman–Crippen MR) is 55.7 cm³/mol. The van der Waals surface area contributed by atoms with Crippen LogP contribution in [0.15, 0.2) is 0 Å². The summed E-state index contributed by atoms with van der Waals surface area (Å²) in [6.45, 7) is 4.44. The van der Waals surface area contributed by atoms with Crippen LogP contribution in [0.4, 0.5) is 0 Å². The van der Waals surface area contributed by atoms with Gasteiger partial charge in [-0.15, -0.1) is 0 Å². The van der Waals surface area contributed by atoms with E-state index in [0.717, 1.165) is 12.8 Å². The third kappa shape index (κ3) is 2.49. The molecule has 1 rings (SSSR count). The van der Waals surface area contributed by atoms with Gasteiger partial charge in [-0.2, -0.15) is 0 Å². The first-order valence-electron chi connectivity index (χ1n) is 5.52. The topological polar surface area (TPSA) is 55.8 Å². The first-order chi connectivity index (χ1) is 7.15. The molecule has 0 aromatic heterocycles.